The van der Waals surface area contributed by atoms with Crippen molar-refractivity contribution in [3.8, 4) is 5.75 Å². The number of amides is 3. The molecule has 1 aromatic carbocycles. The molecule has 34 heavy (non-hydrogen) atoms. The monoisotopic (exact) mass is 489 g/mol. The summed E-state index contributed by atoms with van der Waals surface area (Å²) in [7, 11) is 0. The van der Waals surface area contributed by atoms with Crippen LogP contribution < -0.4 is 21.1 Å². The first-order chi connectivity index (χ1) is 16.2. The molecule has 0 aliphatic carbocycles. The van der Waals surface area contributed by atoms with Gasteiger partial charge in [-0.25, -0.2) is 4.79 Å². The first-order valence-corrected chi connectivity index (χ1v) is 11.4. The fraction of sp³-hybridized carbons (Fsp3) is 0.435. The van der Waals surface area contributed by atoms with Gasteiger partial charge in [-0.1, -0.05) is 11.6 Å². The molecule has 2 heterocycles. The van der Waals surface area contributed by atoms with Crippen LogP contribution in [0.3, 0.4) is 0 Å². The van der Waals surface area contributed by atoms with Crippen LogP contribution in [0.4, 0.5) is 0 Å². The van der Waals surface area contributed by atoms with E-state index in [-0.39, 0.29) is 43.8 Å². The number of halogens is 1. The van der Waals surface area contributed by atoms with Crippen LogP contribution in [-0.4, -0.2) is 65.4 Å². The summed E-state index contributed by atoms with van der Waals surface area (Å²) in [6.07, 6.45) is 1.00. The Morgan fingerprint density at radius 2 is 1.97 bits per heavy atom. The smallest absolute Gasteiger partial charge is 0.345 e. The Bertz CT molecular complexity index is 1110. The van der Waals surface area contributed by atoms with E-state index >= 15 is 0 Å². The van der Waals surface area contributed by atoms with E-state index in [1.165, 1.54) is 11.0 Å². The fourth-order valence-electron chi connectivity index (χ4n) is 3.76. The molecule has 0 atom stereocenters. The van der Waals surface area contributed by atoms with Gasteiger partial charge in [-0.15, -0.1) is 0 Å². The summed E-state index contributed by atoms with van der Waals surface area (Å²) in [5.74, 6) is -0.445. The van der Waals surface area contributed by atoms with Gasteiger partial charge >= 0.3 is 5.69 Å². The summed E-state index contributed by atoms with van der Waals surface area (Å²) < 4.78 is 5.65. The van der Waals surface area contributed by atoms with Gasteiger partial charge in [-0.2, -0.15) is 4.98 Å². The Morgan fingerprint density at radius 1 is 1.18 bits per heavy atom. The number of aromatic nitrogens is 2. The molecule has 1 aromatic heterocycles. The maximum Gasteiger partial charge on any atom is 0.345 e. The van der Waals surface area contributed by atoms with E-state index in [1.807, 2.05) is 0 Å². The van der Waals surface area contributed by atoms with E-state index in [1.54, 1.807) is 26.0 Å². The first kappa shape index (κ1) is 25.2. The lowest BCUT2D eigenvalue weighted by atomic mass is 10.1. The number of hydrogen-bond donors (Lipinski definition) is 3. The third-order valence-electron chi connectivity index (χ3n) is 5.49. The Morgan fingerprint density at radius 3 is 2.74 bits per heavy atom. The Kier molecular flexibility index (Phi) is 8.64. The van der Waals surface area contributed by atoms with Crippen molar-refractivity contribution in [3.05, 3.63) is 56.2 Å². The summed E-state index contributed by atoms with van der Waals surface area (Å²) in [6, 6.07) is 4.78. The van der Waals surface area contributed by atoms with E-state index in [4.69, 9.17) is 16.3 Å². The highest BCUT2D eigenvalue weighted by Gasteiger charge is 2.20. The van der Waals surface area contributed by atoms with Gasteiger partial charge in [0, 0.05) is 35.9 Å². The van der Waals surface area contributed by atoms with E-state index < -0.39 is 5.69 Å². The second-order valence-corrected chi connectivity index (χ2v) is 8.43. The molecule has 1 aliphatic rings. The van der Waals surface area contributed by atoms with E-state index in [9.17, 15) is 19.2 Å². The number of ether oxygens (including phenoxy) is 1. The molecular formula is C23H28ClN5O5. The molecule has 3 amide bonds. The fourth-order valence-corrected chi connectivity index (χ4v) is 3.93. The van der Waals surface area contributed by atoms with Crippen molar-refractivity contribution in [1.82, 2.24) is 25.5 Å². The number of H-pyrrole nitrogens is 1. The molecule has 3 N–H and O–H groups in total. The molecule has 0 bridgehead atoms. The number of rotatable bonds is 3. The number of nitrogens with zero attached hydrogens (tertiary/aromatic N) is 2. The average Bonchev–Trinajstić information content (AvgIpc) is 2.77. The zero-order valence-corrected chi connectivity index (χ0v) is 20.0. The minimum atomic E-state index is -0.424. The van der Waals surface area contributed by atoms with Gasteiger partial charge in [-0.05, 0) is 50.5 Å². The highest BCUT2D eigenvalue weighted by molar-refractivity contribution is 6.31. The van der Waals surface area contributed by atoms with Gasteiger partial charge in [0.05, 0.1) is 18.7 Å². The zero-order chi connectivity index (χ0) is 24.7. The molecule has 0 saturated carbocycles. The minimum Gasteiger partial charge on any atom is -0.491 e. The van der Waals surface area contributed by atoms with Crippen LogP contribution >= 0.6 is 11.6 Å². The van der Waals surface area contributed by atoms with E-state index in [2.05, 4.69) is 20.6 Å². The van der Waals surface area contributed by atoms with Crippen LogP contribution in [0.2, 0.25) is 5.02 Å². The Hall–Kier alpha value is -3.40. The van der Waals surface area contributed by atoms with Gasteiger partial charge in [0.1, 0.15) is 12.4 Å². The van der Waals surface area contributed by atoms with Crippen molar-refractivity contribution in [2.75, 3.05) is 32.8 Å². The maximum atomic E-state index is 12.9. The molecule has 1 aliphatic heterocycles. The summed E-state index contributed by atoms with van der Waals surface area (Å²) in [4.78, 5) is 57.5. The van der Waals surface area contributed by atoms with E-state index in [0.29, 0.717) is 53.7 Å². The SMILES string of the molecule is Cc1nc(=O)[nH]c(C)c1CCC(=O)N1CCCNC(=O)c2cc(Cl)ccc2OCCNC(=O)C1. The van der Waals surface area contributed by atoms with Crippen LogP contribution in [0.1, 0.15) is 40.2 Å². The lowest BCUT2D eigenvalue weighted by Gasteiger charge is -2.23. The third-order valence-corrected chi connectivity index (χ3v) is 5.72. The second kappa shape index (κ2) is 11.6. The number of hydrogen-bond acceptors (Lipinski definition) is 6. The zero-order valence-electron chi connectivity index (χ0n) is 19.2. The minimum absolute atomic E-state index is 0.0964. The lowest BCUT2D eigenvalue weighted by Crippen LogP contribution is -2.43. The summed E-state index contributed by atoms with van der Waals surface area (Å²) in [5.41, 5.74) is 1.95. The van der Waals surface area contributed by atoms with Crippen molar-refractivity contribution < 1.29 is 19.1 Å². The van der Waals surface area contributed by atoms with Gasteiger partial charge < -0.3 is 25.3 Å². The first-order valence-electron chi connectivity index (χ1n) is 11.1. The molecule has 0 fully saturated rings. The van der Waals surface area contributed by atoms with Gasteiger partial charge in [0.25, 0.3) is 5.91 Å². The van der Waals surface area contributed by atoms with E-state index in [0.717, 1.165) is 5.56 Å². The van der Waals surface area contributed by atoms with Gasteiger partial charge in [0.15, 0.2) is 0 Å². The van der Waals surface area contributed by atoms with Crippen molar-refractivity contribution >= 4 is 29.3 Å². The third kappa shape index (κ3) is 6.80. The quantitative estimate of drug-likeness (QED) is 0.591. The molecule has 11 heteroatoms. The van der Waals surface area contributed by atoms with Gasteiger partial charge in [0.2, 0.25) is 11.8 Å². The molecule has 0 saturated heterocycles. The van der Waals surface area contributed by atoms with Crippen LogP contribution in [0.5, 0.6) is 5.75 Å². The van der Waals surface area contributed by atoms with Crippen LogP contribution in [0, 0.1) is 13.8 Å². The Labute approximate surface area is 202 Å². The number of aromatic amines is 1. The molecule has 182 valence electrons. The normalized spacial score (nSPS) is 15.4. The maximum absolute atomic E-state index is 12.9. The van der Waals surface area contributed by atoms with Crippen LogP contribution in [0.15, 0.2) is 23.0 Å². The van der Waals surface area contributed by atoms with Crippen molar-refractivity contribution in [2.45, 2.75) is 33.1 Å². The molecular weight excluding hydrogens is 462 g/mol. The molecule has 2 aromatic rings. The van der Waals surface area contributed by atoms with Crippen molar-refractivity contribution in [1.29, 1.82) is 0 Å². The molecule has 0 spiro atoms. The van der Waals surface area contributed by atoms with Crippen LogP contribution in [-0.2, 0) is 16.0 Å². The Balaban J connectivity index is 1.67. The number of carbonyl (C=O) groups excluding carboxylic acids is 3. The predicted molar refractivity (Wildman–Crippen MR) is 126 cm³/mol. The highest BCUT2D eigenvalue weighted by Crippen LogP contribution is 2.23. The lowest BCUT2D eigenvalue weighted by molar-refractivity contribution is -0.136. The molecule has 10 nitrogen and oxygen atoms in total. The highest BCUT2D eigenvalue weighted by atomic mass is 35.5. The molecule has 0 radical (unpaired) electrons. The number of fused-ring (bicyclic) bond motifs is 1. The summed E-state index contributed by atoms with van der Waals surface area (Å²) in [5, 5.41) is 5.96. The van der Waals surface area contributed by atoms with Crippen molar-refractivity contribution in [2.24, 2.45) is 0 Å². The van der Waals surface area contributed by atoms with Gasteiger partial charge in [-0.3, -0.25) is 14.4 Å². The topological polar surface area (TPSA) is 133 Å². The number of nitrogens with one attached hydrogen (secondary N) is 3. The number of carbonyl (C=O) groups is 3. The number of aryl methyl sites for hydroxylation is 2. The second-order valence-electron chi connectivity index (χ2n) is 7.99. The average molecular weight is 490 g/mol. The van der Waals surface area contributed by atoms with Crippen molar-refractivity contribution in [3.63, 3.8) is 0 Å². The standard InChI is InChI=1S/C23H28ClN5O5/c1-14-17(15(2)28-23(33)27-14)5-7-21(31)29-10-3-8-26-22(32)18-12-16(24)4-6-19(18)34-11-9-25-20(30)13-29/h4,6,12H,3,5,7-11,13H2,1-2H3,(H,25,30)(H,26,32)(H,27,28,33). The summed E-state index contributed by atoms with van der Waals surface area (Å²) >= 11 is 6.03. The molecule has 3 rings (SSSR count). The number of benzene rings is 1. The molecule has 0 unspecified atom stereocenters. The predicted octanol–water partition coefficient (Wildman–Crippen LogP) is 1.13. The van der Waals surface area contributed by atoms with Crippen LogP contribution in [0.25, 0.3) is 0 Å². The largest absolute Gasteiger partial charge is 0.491 e. The summed E-state index contributed by atoms with van der Waals surface area (Å²) in [6.45, 7) is 4.37.